The van der Waals surface area contributed by atoms with E-state index in [0.29, 0.717) is 13.1 Å². The molecule has 7 nitrogen and oxygen atoms in total. The molecule has 166 valence electrons. The minimum absolute atomic E-state index is 0.0354. The van der Waals surface area contributed by atoms with Crippen LogP contribution in [0.25, 0.3) is 0 Å². The van der Waals surface area contributed by atoms with Crippen molar-refractivity contribution in [3.05, 3.63) is 59.7 Å². The van der Waals surface area contributed by atoms with Gasteiger partial charge in [-0.3, -0.25) is 19.3 Å². The van der Waals surface area contributed by atoms with Crippen molar-refractivity contribution >= 4 is 29.1 Å². The van der Waals surface area contributed by atoms with Crippen molar-refractivity contribution in [2.45, 2.75) is 31.7 Å². The first-order valence-electron chi connectivity index (χ1n) is 11.4. The molecule has 0 spiro atoms. The van der Waals surface area contributed by atoms with E-state index in [1.807, 2.05) is 48.5 Å². The molecule has 2 aromatic rings. The highest BCUT2D eigenvalue weighted by atomic mass is 16.2. The molecule has 3 aliphatic rings. The standard InChI is InChI=1S/C25H28N4O3/c30-23(26-20-9-10-20)15-27(16-24(31)28-13-11-18-5-1-3-7-21(18)28)17-25(32)29-14-12-19-6-2-4-8-22(19)29/h1-8,20H,9-17H2,(H,26,30). The molecule has 0 bridgehead atoms. The number of anilines is 2. The lowest BCUT2D eigenvalue weighted by molar-refractivity contribution is -0.126. The van der Waals surface area contributed by atoms with Crippen LogP contribution in [0.4, 0.5) is 11.4 Å². The number of hydrogen-bond donors (Lipinski definition) is 1. The molecule has 0 atom stereocenters. The minimum atomic E-state index is -0.128. The molecule has 2 aromatic carbocycles. The Morgan fingerprint density at radius 2 is 1.28 bits per heavy atom. The molecule has 1 saturated carbocycles. The molecule has 0 aromatic heterocycles. The Labute approximate surface area is 188 Å². The van der Waals surface area contributed by atoms with Gasteiger partial charge >= 0.3 is 0 Å². The zero-order valence-corrected chi connectivity index (χ0v) is 18.1. The molecule has 1 aliphatic carbocycles. The Morgan fingerprint density at radius 3 is 1.78 bits per heavy atom. The van der Waals surface area contributed by atoms with Gasteiger partial charge in [0.15, 0.2) is 0 Å². The molecule has 1 fully saturated rings. The van der Waals surface area contributed by atoms with Gasteiger partial charge in [0.25, 0.3) is 0 Å². The highest BCUT2D eigenvalue weighted by Crippen LogP contribution is 2.29. The lowest BCUT2D eigenvalue weighted by Gasteiger charge is -2.26. The van der Waals surface area contributed by atoms with Crippen molar-refractivity contribution in [2.75, 3.05) is 42.5 Å². The lowest BCUT2D eigenvalue weighted by atomic mass is 10.2. The topological polar surface area (TPSA) is 73.0 Å². The van der Waals surface area contributed by atoms with Gasteiger partial charge in [0.05, 0.1) is 19.6 Å². The second kappa shape index (κ2) is 8.74. The number of rotatable bonds is 7. The summed E-state index contributed by atoms with van der Waals surface area (Å²) in [6, 6.07) is 16.1. The van der Waals surface area contributed by atoms with Crippen LogP contribution in [0.3, 0.4) is 0 Å². The normalized spacial score (nSPS) is 16.8. The van der Waals surface area contributed by atoms with E-state index < -0.39 is 0 Å². The highest BCUT2D eigenvalue weighted by Gasteiger charge is 2.31. The number of nitrogens with one attached hydrogen (secondary N) is 1. The summed E-state index contributed by atoms with van der Waals surface area (Å²) in [5.74, 6) is -0.288. The van der Waals surface area contributed by atoms with Gasteiger partial charge < -0.3 is 15.1 Å². The van der Waals surface area contributed by atoms with Crippen LogP contribution in [-0.2, 0) is 27.2 Å². The van der Waals surface area contributed by atoms with Gasteiger partial charge in [0, 0.05) is 30.5 Å². The van der Waals surface area contributed by atoms with E-state index >= 15 is 0 Å². The first-order chi connectivity index (χ1) is 15.6. The fourth-order valence-corrected chi connectivity index (χ4v) is 4.62. The van der Waals surface area contributed by atoms with Crippen molar-refractivity contribution in [1.82, 2.24) is 10.2 Å². The van der Waals surface area contributed by atoms with Gasteiger partial charge in [-0.2, -0.15) is 0 Å². The summed E-state index contributed by atoms with van der Waals surface area (Å²) in [7, 11) is 0. The Kier molecular flexibility index (Phi) is 5.66. The van der Waals surface area contributed by atoms with Crippen LogP contribution in [-0.4, -0.2) is 61.4 Å². The average molecular weight is 433 g/mol. The maximum atomic E-state index is 13.2. The fourth-order valence-electron chi connectivity index (χ4n) is 4.62. The van der Waals surface area contributed by atoms with E-state index in [2.05, 4.69) is 5.32 Å². The highest BCUT2D eigenvalue weighted by molar-refractivity contribution is 5.99. The summed E-state index contributed by atoms with van der Waals surface area (Å²) in [5.41, 5.74) is 4.17. The molecule has 2 aliphatic heterocycles. The zero-order chi connectivity index (χ0) is 22.1. The van der Waals surface area contributed by atoms with Gasteiger partial charge in [-0.25, -0.2) is 0 Å². The van der Waals surface area contributed by atoms with Crippen molar-refractivity contribution < 1.29 is 14.4 Å². The number of carbonyl (C=O) groups excluding carboxylic acids is 3. The number of carbonyl (C=O) groups is 3. The lowest BCUT2D eigenvalue weighted by Crippen LogP contribution is -2.48. The van der Waals surface area contributed by atoms with Crippen molar-refractivity contribution in [1.29, 1.82) is 0 Å². The molecule has 2 heterocycles. The number of hydrogen-bond acceptors (Lipinski definition) is 4. The summed E-state index contributed by atoms with van der Waals surface area (Å²) in [4.78, 5) is 44.1. The SMILES string of the molecule is O=C(CN(CC(=O)N1CCc2ccccc21)CC(=O)N1CCc2ccccc21)NC1CC1. The Morgan fingerprint density at radius 1 is 0.781 bits per heavy atom. The largest absolute Gasteiger partial charge is 0.352 e. The van der Waals surface area contributed by atoms with Crippen LogP contribution in [0.2, 0.25) is 0 Å². The predicted octanol–water partition coefficient (Wildman–Crippen LogP) is 1.75. The second-order valence-electron chi connectivity index (χ2n) is 8.84. The minimum Gasteiger partial charge on any atom is -0.352 e. The maximum Gasteiger partial charge on any atom is 0.241 e. The first-order valence-corrected chi connectivity index (χ1v) is 11.4. The van der Waals surface area contributed by atoms with Gasteiger partial charge in [0.2, 0.25) is 17.7 Å². The van der Waals surface area contributed by atoms with E-state index in [-0.39, 0.29) is 43.4 Å². The van der Waals surface area contributed by atoms with Crippen LogP contribution in [0, 0.1) is 0 Å². The van der Waals surface area contributed by atoms with E-state index in [9.17, 15) is 14.4 Å². The monoisotopic (exact) mass is 432 g/mol. The third-order valence-corrected chi connectivity index (χ3v) is 6.40. The average Bonchev–Trinajstić information content (AvgIpc) is 3.33. The number of nitrogens with zero attached hydrogens (tertiary/aromatic N) is 3. The third-order valence-electron chi connectivity index (χ3n) is 6.40. The first kappa shape index (κ1) is 20.7. The smallest absolute Gasteiger partial charge is 0.241 e. The second-order valence-corrected chi connectivity index (χ2v) is 8.84. The summed E-state index contributed by atoms with van der Waals surface area (Å²) in [5, 5.41) is 2.97. The molecule has 32 heavy (non-hydrogen) atoms. The van der Waals surface area contributed by atoms with Gasteiger partial charge in [-0.1, -0.05) is 36.4 Å². The Bertz CT molecular complexity index is 979. The number of amides is 3. The molecule has 0 radical (unpaired) electrons. The van der Waals surface area contributed by atoms with Crippen LogP contribution < -0.4 is 15.1 Å². The molecule has 1 N–H and O–H groups in total. The van der Waals surface area contributed by atoms with E-state index in [1.165, 1.54) is 0 Å². The van der Waals surface area contributed by atoms with Crippen molar-refractivity contribution in [2.24, 2.45) is 0 Å². The molecule has 7 heteroatoms. The van der Waals surface area contributed by atoms with Crippen LogP contribution in [0.5, 0.6) is 0 Å². The number of benzene rings is 2. The van der Waals surface area contributed by atoms with Gasteiger partial charge in [0.1, 0.15) is 0 Å². The van der Waals surface area contributed by atoms with E-state index in [1.54, 1.807) is 14.7 Å². The molecule has 0 unspecified atom stereocenters. The molecule has 3 amide bonds. The van der Waals surface area contributed by atoms with Crippen LogP contribution >= 0.6 is 0 Å². The fraction of sp³-hybridized carbons (Fsp3) is 0.400. The maximum absolute atomic E-state index is 13.2. The Hall–Kier alpha value is -3.19. The number of fused-ring (bicyclic) bond motifs is 2. The molecule has 5 rings (SSSR count). The quantitative estimate of drug-likeness (QED) is 0.724. The third kappa shape index (κ3) is 4.39. The van der Waals surface area contributed by atoms with Gasteiger partial charge in [-0.15, -0.1) is 0 Å². The summed E-state index contributed by atoms with van der Waals surface area (Å²) in [6.45, 7) is 1.38. The van der Waals surface area contributed by atoms with Crippen LogP contribution in [0.15, 0.2) is 48.5 Å². The zero-order valence-electron chi connectivity index (χ0n) is 18.1. The molecular weight excluding hydrogens is 404 g/mol. The van der Waals surface area contributed by atoms with Crippen molar-refractivity contribution in [3.8, 4) is 0 Å². The summed E-state index contributed by atoms with van der Waals surface area (Å²) >= 11 is 0. The van der Waals surface area contributed by atoms with E-state index in [4.69, 9.17) is 0 Å². The Balaban J connectivity index is 1.29. The van der Waals surface area contributed by atoms with E-state index in [0.717, 1.165) is 48.2 Å². The summed E-state index contributed by atoms with van der Waals surface area (Å²) in [6.07, 6.45) is 3.65. The molecule has 0 saturated heterocycles. The summed E-state index contributed by atoms with van der Waals surface area (Å²) < 4.78 is 0. The van der Waals surface area contributed by atoms with Crippen LogP contribution in [0.1, 0.15) is 24.0 Å². The van der Waals surface area contributed by atoms with Crippen molar-refractivity contribution in [3.63, 3.8) is 0 Å². The number of para-hydroxylation sites is 2. The molecular formula is C25H28N4O3. The van der Waals surface area contributed by atoms with Gasteiger partial charge in [-0.05, 0) is 48.9 Å². The predicted molar refractivity (Wildman–Crippen MR) is 123 cm³/mol.